The van der Waals surface area contributed by atoms with E-state index in [2.05, 4.69) is 60.0 Å². The molecule has 88 heavy (non-hydrogen) atoms. The van der Waals surface area contributed by atoms with Gasteiger partial charge in [0.1, 0.15) is 5.82 Å². The van der Waals surface area contributed by atoms with Gasteiger partial charge in [0.2, 0.25) is 0 Å². The Hall–Kier alpha value is -8.89. The molecule has 0 bridgehead atoms. The van der Waals surface area contributed by atoms with Crippen LogP contribution in [-0.2, 0) is 42.7 Å². The Kier molecular flexibility index (Phi) is 8.61. The number of nitrogens with zero attached hydrogens (tertiary/aromatic N) is 4. The van der Waals surface area contributed by atoms with Gasteiger partial charge in [-0.3, -0.25) is 4.57 Å². The number of imidazole rings is 1. The molecule has 5 nitrogen and oxygen atoms in total. The van der Waals surface area contributed by atoms with Gasteiger partial charge in [0.25, 0.3) is 6.33 Å². The van der Waals surface area contributed by atoms with Gasteiger partial charge in [0.15, 0.2) is 0 Å². The molecule has 0 fully saturated rings. The van der Waals surface area contributed by atoms with Crippen molar-refractivity contribution >= 4 is 32.8 Å². The fourth-order valence-electron chi connectivity index (χ4n) is 12.3. The average Bonchev–Trinajstić information content (AvgIpc) is 0.708. The Morgan fingerprint density at radius 1 is 0.545 bits per heavy atom. The summed E-state index contributed by atoms with van der Waals surface area (Å²) in [5, 5.41) is 1.79. The zero-order chi connectivity index (χ0) is 80.3. The van der Waals surface area contributed by atoms with Gasteiger partial charge in [-0.2, -0.15) is 18.2 Å². The molecule has 0 radical (unpaired) electrons. The number of fused-ring (bicyclic) bond motifs is 11. The van der Waals surface area contributed by atoms with E-state index in [1.54, 1.807) is 76.0 Å². The molecule has 0 unspecified atom stereocenters. The van der Waals surface area contributed by atoms with Crippen molar-refractivity contribution in [3.05, 3.63) is 259 Å². The van der Waals surface area contributed by atoms with E-state index < -0.39 is 116 Å². The zero-order valence-electron chi connectivity index (χ0n) is 72.7. The molecule has 0 amide bonds. The number of hydrogen-bond acceptors (Lipinski definition) is 2. The maximum absolute atomic E-state index is 10.5. The summed E-state index contributed by atoms with van der Waals surface area (Å²) in [6.07, 6.45) is -3.78. The minimum Gasteiger partial charge on any atom is -0.510 e. The van der Waals surface area contributed by atoms with Crippen LogP contribution >= 0.6 is 0 Å². The van der Waals surface area contributed by atoms with Crippen LogP contribution in [0.25, 0.3) is 117 Å². The van der Waals surface area contributed by atoms with Crippen molar-refractivity contribution < 1.29 is 63.3 Å². The molecule has 1 aliphatic heterocycles. The molecule has 0 saturated carbocycles. The minimum atomic E-state index is -4.61. The largest absolute Gasteiger partial charge is 0.510 e. The van der Waals surface area contributed by atoms with Crippen LogP contribution in [0, 0.1) is 18.5 Å². The first-order valence-electron chi connectivity index (χ1n) is 40.6. The summed E-state index contributed by atoms with van der Waals surface area (Å²) in [4.78, 5) is 4.85. The molecule has 436 valence electrons. The van der Waals surface area contributed by atoms with Crippen LogP contribution in [0.4, 0.5) is 0 Å². The smallest absolute Gasteiger partial charge is 0.268 e. The van der Waals surface area contributed by atoms with Gasteiger partial charge < -0.3 is 13.9 Å². The topological polar surface area (TPSA) is 35.9 Å². The van der Waals surface area contributed by atoms with E-state index in [4.69, 9.17) is 22.1 Å². The molecule has 13 aromatic rings. The Bertz CT molecular complexity index is 6040. The van der Waals surface area contributed by atoms with Gasteiger partial charge in [-0.05, 0) is 159 Å². The third kappa shape index (κ3) is 9.56. The SMILES string of the molecule is [2H]c1c([2H])c([2H])c(-c2cccc3c2-c2ccccc2-c2cc(-c4c([2H])c([2H])c5c(c4[2H])C(C([2H])([2H])[2H])(C([2H])([2H])[2H])C([2H])([2H])C([2H])([2H])C5(C([2H])([2H])[2H])C([2H])([2H])[2H])cc4c2[n+]([c-]n4-c2[c-]c(Oc4[c-]c5c(cc4)c4ccccc4n5-c4cc(C(C)(C)C)ccn4)ccc2)-c2c(-c4ccc(C(C)(C)C)cc4)cccc2-3)c([2H])c1[2H].[Pt]. The van der Waals surface area contributed by atoms with E-state index in [1.165, 1.54) is 12.1 Å². The zero-order valence-corrected chi connectivity index (χ0v) is 51.0. The number of ether oxygens (including phenoxy) is 1. The average molecular weight is 1350 g/mol. The van der Waals surface area contributed by atoms with Gasteiger partial charge in [0, 0.05) is 66.2 Å². The first-order valence-corrected chi connectivity index (χ1v) is 28.6. The third-order valence-electron chi connectivity index (χ3n) is 16.6. The van der Waals surface area contributed by atoms with E-state index >= 15 is 0 Å². The first kappa shape index (κ1) is 35.8. The van der Waals surface area contributed by atoms with Gasteiger partial charge in [-0.1, -0.05) is 232 Å². The molecule has 15 rings (SSSR count). The van der Waals surface area contributed by atoms with Gasteiger partial charge in [0.05, 0.1) is 27.7 Å². The van der Waals surface area contributed by atoms with Crippen LogP contribution < -0.4 is 9.30 Å². The first-order chi connectivity index (χ1) is 51.8. The molecule has 1 aliphatic carbocycles. The quantitative estimate of drug-likeness (QED) is 0.118. The summed E-state index contributed by atoms with van der Waals surface area (Å²) >= 11 is 0. The Balaban J connectivity index is 0.0000104. The standard InChI is InChI=1S/C82H70N4O.Pt/c1-79(2,3)56-36-33-53(34-37-56)62-29-20-31-68-67-30-19-28-61(52-21-12-11-13-22-52)76(67)66-27-15-14-25-63(66)69-45-55(54-35-40-70-71(46-54)82(9,10)43-42-81(70,7)8)47-74-78(69)85(77(62)68)51-84(74)58-23-18-24-59(49-58)87-60-38-39-65-64-26-16-17-32-72(64)86(73(65)50-60)75-48-57(41-44-83-75)80(4,5)6;/h11-41,44-48H,42-43H2,1-10H3;/q-2;/i7D3,8D3,9D3,10D3,11D,12D,13D,21D,22D,35D,40D,42D2,43D2,46D;. The summed E-state index contributed by atoms with van der Waals surface area (Å²) in [5.41, 5.74) is -5.79. The van der Waals surface area contributed by atoms with Crippen molar-refractivity contribution in [1.82, 2.24) is 14.1 Å². The van der Waals surface area contributed by atoms with E-state index in [1.807, 2.05) is 95.6 Å². The van der Waals surface area contributed by atoms with Crippen molar-refractivity contribution in [2.24, 2.45) is 0 Å². The second-order valence-electron chi connectivity index (χ2n) is 24.3. The van der Waals surface area contributed by atoms with Crippen molar-refractivity contribution in [3.63, 3.8) is 0 Å². The minimum absolute atomic E-state index is 0. The summed E-state index contributed by atoms with van der Waals surface area (Å²) in [5.74, 6) is 1.04. The monoisotopic (exact) mass is 1350 g/mol. The molecule has 4 heterocycles. The van der Waals surface area contributed by atoms with E-state index in [0.717, 1.165) is 27.4 Å². The van der Waals surface area contributed by atoms with Crippen LogP contribution in [0.5, 0.6) is 11.5 Å². The van der Waals surface area contributed by atoms with Crippen molar-refractivity contribution in [2.75, 3.05) is 0 Å². The fraction of sp³-hybridized carbons (Fsp3) is 0.195. The predicted molar refractivity (Wildman–Crippen MR) is 359 cm³/mol. The second kappa shape index (κ2) is 21.2. The van der Waals surface area contributed by atoms with Gasteiger partial charge in [-0.25, -0.2) is 4.98 Å². The Morgan fingerprint density at radius 2 is 1.23 bits per heavy atom. The molecule has 6 heteroatoms. The normalized spacial score (nSPS) is 19.7. The van der Waals surface area contributed by atoms with Crippen LogP contribution in [0.15, 0.2) is 218 Å². The number of para-hydroxylation sites is 2. The summed E-state index contributed by atoms with van der Waals surface area (Å²) in [6, 6.07) is 49.1. The molecular weight excluding hydrogens is 1250 g/mol. The molecule has 3 aromatic heterocycles. The van der Waals surface area contributed by atoms with Gasteiger partial charge in [-0.15, -0.1) is 29.7 Å². The van der Waals surface area contributed by atoms with Crippen LogP contribution in [0.1, 0.15) is 137 Å². The van der Waals surface area contributed by atoms with Crippen molar-refractivity contribution in [3.8, 4) is 95.5 Å². The Labute approximate surface area is 566 Å². The fourth-order valence-corrected chi connectivity index (χ4v) is 12.3. The van der Waals surface area contributed by atoms with Crippen LogP contribution in [-0.4, -0.2) is 14.1 Å². The summed E-state index contributed by atoms with van der Waals surface area (Å²) in [6.45, 7) is -4.71. The third-order valence-corrected chi connectivity index (χ3v) is 16.6. The van der Waals surface area contributed by atoms with Crippen LogP contribution in [0.2, 0.25) is 0 Å². The molecular formula is C82H70N4OPt-2. The molecule has 0 atom stereocenters. The van der Waals surface area contributed by atoms with E-state index in [9.17, 15) is 20.6 Å². The number of rotatable bonds is 7. The number of aromatic nitrogens is 4. The second-order valence-corrected chi connectivity index (χ2v) is 24.3. The molecule has 0 N–H and O–H groups in total. The van der Waals surface area contributed by atoms with Gasteiger partial charge >= 0.3 is 0 Å². The van der Waals surface area contributed by atoms with E-state index in [-0.39, 0.29) is 87.9 Å². The number of benzene rings is 10. The van der Waals surface area contributed by atoms with Crippen molar-refractivity contribution in [2.45, 2.75) is 103 Å². The molecule has 10 aromatic carbocycles. The van der Waals surface area contributed by atoms with Crippen molar-refractivity contribution in [1.29, 1.82) is 0 Å². The maximum Gasteiger partial charge on any atom is 0.268 e. The Morgan fingerprint density at radius 3 is 2.00 bits per heavy atom. The molecule has 0 saturated heterocycles. The summed E-state index contributed by atoms with van der Waals surface area (Å²) < 4.78 is 236. The van der Waals surface area contributed by atoms with Crippen LogP contribution in [0.3, 0.4) is 0 Å². The van der Waals surface area contributed by atoms with E-state index in [0.29, 0.717) is 50.4 Å². The predicted octanol–water partition coefficient (Wildman–Crippen LogP) is 20.8. The molecule has 0 spiro atoms. The molecule has 2 aliphatic rings. The number of hydrogen-bond donors (Lipinski definition) is 0. The summed E-state index contributed by atoms with van der Waals surface area (Å²) in [7, 11) is 0. The maximum atomic E-state index is 10.5. The number of pyridine rings is 1.